The zero-order valence-corrected chi connectivity index (χ0v) is 31.0. The Kier molecular flexibility index (Phi) is 10.7. The van der Waals surface area contributed by atoms with E-state index in [1.807, 2.05) is 6.07 Å². The third-order valence-electron chi connectivity index (χ3n) is 11.5. The predicted molar refractivity (Wildman–Crippen MR) is 200 cm³/mol. The summed E-state index contributed by atoms with van der Waals surface area (Å²) in [7, 11) is 0. The standard InChI is InChI=1S/C39H45FN6O7S/c40-30-18-26(19-31-35(30)37(49)42-33(41-31)22-54-27-9-15-52-16-10-27)53-21-24-5-11-44(12-6-24)20-23-7-13-45(14-8-23)25-1-2-28-29(17-25)39(51)46(38(28)50)32-3-4-34(47)43-36(32)48/h1-2,17-19,23-24,27,32H,3-16,20-22H2,(H,41,42,49)(H,43,47,48). The smallest absolute Gasteiger partial charge is 0.262 e. The minimum absolute atomic E-state index is 0.0430. The lowest BCUT2D eigenvalue weighted by atomic mass is 9.92. The lowest BCUT2D eigenvalue weighted by Gasteiger charge is -2.38. The van der Waals surface area contributed by atoms with Crippen LogP contribution >= 0.6 is 11.8 Å². The fourth-order valence-corrected chi connectivity index (χ4v) is 9.44. The highest BCUT2D eigenvalue weighted by molar-refractivity contribution is 7.99. The Labute approximate surface area is 316 Å². The number of benzene rings is 2. The van der Waals surface area contributed by atoms with Gasteiger partial charge >= 0.3 is 0 Å². The normalized spacial score (nSPS) is 22.3. The van der Waals surface area contributed by atoms with Crippen molar-refractivity contribution in [2.45, 2.75) is 68.4 Å². The molecule has 2 N–H and O–H groups in total. The molecule has 15 heteroatoms. The number of fused-ring (bicyclic) bond motifs is 2. The number of piperidine rings is 3. The molecule has 54 heavy (non-hydrogen) atoms. The van der Waals surface area contributed by atoms with Gasteiger partial charge in [-0.25, -0.2) is 9.37 Å². The molecule has 13 nitrogen and oxygen atoms in total. The minimum Gasteiger partial charge on any atom is -0.493 e. The number of imide groups is 2. The number of anilines is 1. The van der Waals surface area contributed by atoms with E-state index in [0.717, 1.165) is 95.0 Å². The number of aromatic amines is 1. The summed E-state index contributed by atoms with van der Waals surface area (Å²) in [6.45, 7) is 6.61. The second-order valence-corrected chi connectivity index (χ2v) is 16.4. The molecule has 4 amide bonds. The molecule has 0 spiro atoms. The summed E-state index contributed by atoms with van der Waals surface area (Å²) in [4.78, 5) is 76.2. The van der Waals surface area contributed by atoms with Crippen LogP contribution in [0.2, 0.25) is 0 Å². The number of carbonyl (C=O) groups is 4. The van der Waals surface area contributed by atoms with E-state index >= 15 is 4.39 Å². The molecule has 6 heterocycles. The van der Waals surface area contributed by atoms with Crippen LogP contribution in [0.15, 0.2) is 35.1 Å². The Morgan fingerprint density at radius 2 is 1.61 bits per heavy atom. The van der Waals surface area contributed by atoms with Gasteiger partial charge in [-0.2, -0.15) is 11.8 Å². The summed E-state index contributed by atoms with van der Waals surface area (Å²) in [5.74, 6) is -0.241. The molecular weight excluding hydrogens is 716 g/mol. The summed E-state index contributed by atoms with van der Waals surface area (Å²) in [5, 5.41) is 2.65. The van der Waals surface area contributed by atoms with Gasteiger partial charge in [0.15, 0.2) is 0 Å². The number of carbonyl (C=O) groups excluding carboxylic acids is 4. The molecule has 5 aliphatic rings. The number of hydrogen-bond donors (Lipinski definition) is 2. The van der Waals surface area contributed by atoms with Gasteiger partial charge in [0.05, 0.1) is 29.0 Å². The van der Waals surface area contributed by atoms with Gasteiger partial charge in [-0.3, -0.25) is 34.2 Å². The highest BCUT2D eigenvalue weighted by atomic mass is 32.2. The molecule has 0 saturated carbocycles. The monoisotopic (exact) mass is 760 g/mol. The van der Waals surface area contributed by atoms with E-state index in [4.69, 9.17) is 9.47 Å². The van der Waals surface area contributed by atoms with E-state index in [0.29, 0.717) is 57.7 Å². The molecule has 1 unspecified atom stereocenters. The second-order valence-electron chi connectivity index (χ2n) is 15.1. The van der Waals surface area contributed by atoms with Crippen molar-refractivity contribution in [3.05, 3.63) is 63.5 Å². The zero-order valence-electron chi connectivity index (χ0n) is 30.1. The fraction of sp³-hybridized carbons (Fsp3) is 0.538. The van der Waals surface area contributed by atoms with Crippen molar-refractivity contribution in [1.29, 1.82) is 0 Å². The van der Waals surface area contributed by atoms with Crippen LogP contribution < -0.4 is 20.5 Å². The van der Waals surface area contributed by atoms with Crippen LogP contribution in [0.3, 0.4) is 0 Å². The third-order valence-corrected chi connectivity index (χ3v) is 12.9. The maximum absolute atomic E-state index is 15.0. The van der Waals surface area contributed by atoms with Crippen LogP contribution in [0.1, 0.15) is 77.9 Å². The van der Waals surface area contributed by atoms with E-state index in [1.54, 1.807) is 30.0 Å². The lowest BCUT2D eigenvalue weighted by Crippen LogP contribution is -2.54. The molecule has 4 fully saturated rings. The van der Waals surface area contributed by atoms with Gasteiger partial charge in [-0.1, -0.05) is 0 Å². The van der Waals surface area contributed by atoms with Crippen LogP contribution in [-0.4, -0.2) is 107 Å². The number of nitrogens with zero attached hydrogens (tertiary/aromatic N) is 4. The maximum atomic E-state index is 15.0. The van der Waals surface area contributed by atoms with E-state index < -0.39 is 41.0 Å². The van der Waals surface area contributed by atoms with E-state index in [9.17, 15) is 24.0 Å². The highest BCUT2D eigenvalue weighted by Gasteiger charge is 2.45. The number of aromatic nitrogens is 2. The first-order chi connectivity index (χ1) is 26.2. The topological polar surface area (TPSA) is 154 Å². The Balaban J connectivity index is 0.793. The Hall–Kier alpha value is -4.34. The molecule has 1 atom stereocenters. The summed E-state index contributed by atoms with van der Waals surface area (Å²) in [6, 6.07) is 7.30. The van der Waals surface area contributed by atoms with Crippen molar-refractivity contribution in [2.75, 3.05) is 57.4 Å². The predicted octanol–water partition coefficient (Wildman–Crippen LogP) is 3.88. The van der Waals surface area contributed by atoms with E-state index in [2.05, 4.69) is 25.1 Å². The number of hydrogen-bond acceptors (Lipinski definition) is 11. The van der Waals surface area contributed by atoms with Crippen LogP contribution in [0, 0.1) is 17.7 Å². The van der Waals surface area contributed by atoms with Crippen LogP contribution in [-0.2, 0) is 20.1 Å². The molecule has 4 saturated heterocycles. The number of thioether (sulfide) groups is 1. The molecule has 1 aromatic heterocycles. The number of H-pyrrole nitrogens is 1. The summed E-state index contributed by atoms with van der Waals surface area (Å²) >= 11 is 1.74. The van der Waals surface area contributed by atoms with E-state index in [-0.39, 0.29) is 18.2 Å². The van der Waals surface area contributed by atoms with Crippen molar-refractivity contribution in [3.63, 3.8) is 0 Å². The highest BCUT2D eigenvalue weighted by Crippen LogP contribution is 2.33. The van der Waals surface area contributed by atoms with Crippen molar-refractivity contribution in [3.8, 4) is 5.75 Å². The molecular formula is C39H45FN6O7S. The minimum atomic E-state index is -0.975. The summed E-state index contributed by atoms with van der Waals surface area (Å²) < 4.78 is 26.6. The van der Waals surface area contributed by atoms with E-state index in [1.165, 1.54) is 6.07 Å². The van der Waals surface area contributed by atoms with Crippen molar-refractivity contribution in [2.24, 2.45) is 11.8 Å². The van der Waals surface area contributed by atoms with Crippen LogP contribution in [0.4, 0.5) is 10.1 Å². The number of halogens is 1. The molecule has 5 aliphatic heterocycles. The van der Waals surface area contributed by atoms with Gasteiger partial charge in [-0.15, -0.1) is 0 Å². The summed E-state index contributed by atoms with van der Waals surface area (Å²) in [5.41, 5.74) is 1.33. The van der Waals surface area contributed by atoms with Crippen molar-refractivity contribution in [1.82, 2.24) is 25.1 Å². The van der Waals surface area contributed by atoms with Gasteiger partial charge in [-0.05, 0) is 88.1 Å². The Morgan fingerprint density at radius 3 is 2.37 bits per heavy atom. The van der Waals surface area contributed by atoms with Crippen LogP contribution in [0.5, 0.6) is 5.75 Å². The molecule has 286 valence electrons. The molecule has 2 aromatic carbocycles. The van der Waals surface area contributed by atoms with Gasteiger partial charge in [0, 0.05) is 62.3 Å². The number of ether oxygens (including phenoxy) is 2. The van der Waals surface area contributed by atoms with Crippen LogP contribution in [0.25, 0.3) is 10.9 Å². The van der Waals surface area contributed by atoms with Gasteiger partial charge in [0.1, 0.15) is 28.8 Å². The third kappa shape index (κ3) is 7.76. The number of nitrogens with one attached hydrogen (secondary N) is 2. The average molecular weight is 761 g/mol. The number of rotatable bonds is 10. The molecule has 0 aliphatic carbocycles. The molecule has 0 bridgehead atoms. The maximum Gasteiger partial charge on any atom is 0.262 e. The van der Waals surface area contributed by atoms with Crippen molar-refractivity contribution >= 4 is 52.0 Å². The first kappa shape index (κ1) is 36.6. The van der Waals surface area contributed by atoms with Crippen molar-refractivity contribution < 1.29 is 33.0 Å². The number of likely N-dealkylation sites (tertiary alicyclic amines) is 1. The van der Waals surface area contributed by atoms with Gasteiger partial charge in [0.25, 0.3) is 17.4 Å². The molecule has 3 aromatic rings. The first-order valence-corrected chi connectivity index (χ1v) is 20.1. The number of amides is 4. The van der Waals surface area contributed by atoms with Gasteiger partial charge in [0.2, 0.25) is 11.8 Å². The Morgan fingerprint density at radius 1 is 0.870 bits per heavy atom. The zero-order chi connectivity index (χ0) is 37.3. The molecule has 0 radical (unpaired) electrons. The summed E-state index contributed by atoms with van der Waals surface area (Å²) in [6.07, 6.45) is 6.15. The largest absolute Gasteiger partial charge is 0.493 e. The quantitative estimate of drug-likeness (QED) is 0.290. The fourth-order valence-electron chi connectivity index (χ4n) is 8.38. The second kappa shape index (κ2) is 15.8. The lowest BCUT2D eigenvalue weighted by molar-refractivity contribution is -0.136. The first-order valence-electron chi connectivity index (χ1n) is 19.1. The SMILES string of the molecule is O=C1CCC(N2C(=O)c3ccc(N4CCC(CN5CCC(COc6cc(F)c7c(=O)[nH]c(CSC8CCOCC8)nc7c6)CC5)CC4)cc3C2=O)C(=O)N1. The molecule has 8 rings (SSSR count). The Bertz CT molecular complexity index is 2000. The average Bonchev–Trinajstić information content (AvgIpc) is 3.42. The van der Waals surface area contributed by atoms with Gasteiger partial charge < -0.3 is 24.3 Å².